The van der Waals surface area contributed by atoms with Gasteiger partial charge in [0.05, 0.1) is 18.3 Å². The van der Waals surface area contributed by atoms with E-state index in [2.05, 4.69) is 10.1 Å². The second-order valence-corrected chi connectivity index (χ2v) is 3.22. The highest BCUT2D eigenvalue weighted by Gasteiger charge is 2.12. The second-order valence-electron chi connectivity index (χ2n) is 3.22. The molecule has 78 valence electrons. The molecule has 6 nitrogen and oxygen atoms in total. The molecule has 0 saturated heterocycles. The van der Waals surface area contributed by atoms with Gasteiger partial charge in [0.2, 0.25) is 0 Å². The van der Waals surface area contributed by atoms with Crippen molar-refractivity contribution in [3.8, 4) is 0 Å². The number of aryl methyl sites for hydroxylation is 1. The van der Waals surface area contributed by atoms with Crippen molar-refractivity contribution in [3.63, 3.8) is 0 Å². The lowest BCUT2D eigenvalue weighted by Gasteiger charge is -2.04. The fraction of sp³-hybridized carbons (Fsp3) is 0.222. The first-order valence-corrected chi connectivity index (χ1v) is 4.37. The van der Waals surface area contributed by atoms with Gasteiger partial charge in [-0.25, -0.2) is 4.52 Å². The zero-order valence-corrected chi connectivity index (χ0v) is 8.02. The number of H-pyrrole nitrogens is 1. The number of carboxylic acid groups (broad SMARTS) is 1. The number of carboxylic acids is 1. The van der Waals surface area contributed by atoms with Crippen molar-refractivity contribution in [3.05, 3.63) is 33.9 Å². The molecule has 2 aromatic heterocycles. The SMILES string of the molecule is Cc1c(CC(=O)O)c(=O)[nH]c2ccnn12. The van der Waals surface area contributed by atoms with Gasteiger partial charge in [0.15, 0.2) is 0 Å². The van der Waals surface area contributed by atoms with Crippen molar-refractivity contribution in [1.82, 2.24) is 14.6 Å². The van der Waals surface area contributed by atoms with Gasteiger partial charge in [-0.1, -0.05) is 0 Å². The van der Waals surface area contributed by atoms with E-state index in [1.54, 1.807) is 19.2 Å². The minimum atomic E-state index is -1.03. The number of hydrogen-bond acceptors (Lipinski definition) is 3. The van der Waals surface area contributed by atoms with Crippen LogP contribution in [0.15, 0.2) is 17.1 Å². The van der Waals surface area contributed by atoms with Gasteiger partial charge in [-0.2, -0.15) is 5.10 Å². The molecule has 0 fully saturated rings. The lowest BCUT2D eigenvalue weighted by molar-refractivity contribution is -0.136. The molecule has 2 rings (SSSR count). The first-order valence-electron chi connectivity index (χ1n) is 4.37. The molecular formula is C9H9N3O3. The van der Waals surface area contributed by atoms with E-state index < -0.39 is 5.97 Å². The molecule has 0 aliphatic carbocycles. The number of nitrogens with zero attached hydrogens (tertiary/aromatic N) is 2. The van der Waals surface area contributed by atoms with Crippen molar-refractivity contribution >= 4 is 11.6 Å². The molecule has 0 amide bonds. The monoisotopic (exact) mass is 207 g/mol. The molecule has 0 aromatic carbocycles. The number of carbonyl (C=O) groups is 1. The number of nitrogens with one attached hydrogen (secondary N) is 1. The Bertz CT molecular complexity index is 582. The van der Waals surface area contributed by atoms with Gasteiger partial charge in [-0.05, 0) is 6.92 Å². The largest absolute Gasteiger partial charge is 0.481 e. The number of aliphatic carboxylic acids is 1. The maximum Gasteiger partial charge on any atom is 0.308 e. The summed E-state index contributed by atoms with van der Waals surface area (Å²) in [5.41, 5.74) is 0.981. The molecule has 15 heavy (non-hydrogen) atoms. The first-order chi connectivity index (χ1) is 7.09. The van der Waals surface area contributed by atoms with Gasteiger partial charge < -0.3 is 10.1 Å². The van der Waals surface area contributed by atoms with Gasteiger partial charge in [-0.15, -0.1) is 0 Å². The maximum absolute atomic E-state index is 11.5. The van der Waals surface area contributed by atoms with E-state index in [0.717, 1.165) is 0 Å². The van der Waals surface area contributed by atoms with Crippen molar-refractivity contribution in [2.24, 2.45) is 0 Å². The quantitative estimate of drug-likeness (QED) is 0.723. The standard InChI is InChI=1S/C9H9N3O3/c1-5-6(4-8(13)14)9(15)11-7-2-3-10-12(5)7/h2-3H,4H2,1H3,(H,11,15)(H,13,14). The van der Waals surface area contributed by atoms with Crippen LogP contribution in [0.2, 0.25) is 0 Å². The Labute approximate surface area is 84.2 Å². The Morgan fingerprint density at radius 2 is 2.40 bits per heavy atom. The lowest BCUT2D eigenvalue weighted by atomic mass is 10.2. The van der Waals surface area contributed by atoms with Crippen molar-refractivity contribution in [2.75, 3.05) is 0 Å². The molecule has 0 unspecified atom stereocenters. The predicted molar refractivity (Wildman–Crippen MR) is 51.9 cm³/mol. The molecule has 0 aliphatic rings. The van der Waals surface area contributed by atoms with E-state index in [1.165, 1.54) is 4.52 Å². The van der Waals surface area contributed by atoms with Crippen LogP contribution in [0, 0.1) is 6.92 Å². The molecule has 0 saturated carbocycles. The Balaban J connectivity index is 2.72. The van der Waals surface area contributed by atoms with Crippen molar-refractivity contribution in [1.29, 1.82) is 0 Å². The van der Waals surface area contributed by atoms with Crippen LogP contribution in [-0.2, 0) is 11.2 Å². The third-order valence-electron chi connectivity index (χ3n) is 2.24. The van der Waals surface area contributed by atoms with Crippen LogP contribution in [0.25, 0.3) is 5.65 Å². The van der Waals surface area contributed by atoms with E-state index in [1.807, 2.05) is 0 Å². The average Bonchev–Trinajstić information content (AvgIpc) is 2.59. The minimum Gasteiger partial charge on any atom is -0.481 e. The molecule has 0 aliphatic heterocycles. The Hall–Kier alpha value is -2.11. The van der Waals surface area contributed by atoms with Gasteiger partial charge in [0.1, 0.15) is 5.65 Å². The van der Waals surface area contributed by atoms with E-state index >= 15 is 0 Å². The van der Waals surface area contributed by atoms with Crippen molar-refractivity contribution < 1.29 is 9.90 Å². The van der Waals surface area contributed by atoms with Gasteiger partial charge >= 0.3 is 5.97 Å². The summed E-state index contributed by atoms with van der Waals surface area (Å²) >= 11 is 0. The van der Waals surface area contributed by atoms with E-state index in [-0.39, 0.29) is 17.5 Å². The molecule has 6 heteroatoms. The summed E-state index contributed by atoms with van der Waals surface area (Å²) in [5, 5.41) is 12.6. The average molecular weight is 207 g/mol. The number of fused-ring (bicyclic) bond motifs is 1. The van der Waals surface area contributed by atoms with Gasteiger partial charge in [0, 0.05) is 11.6 Å². The lowest BCUT2D eigenvalue weighted by Crippen LogP contribution is -2.21. The van der Waals surface area contributed by atoms with Gasteiger partial charge in [-0.3, -0.25) is 9.59 Å². The molecule has 2 aromatic rings. The topological polar surface area (TPSA) is 87.5 Å². The maximum atomic E-state index is 11.5. The molecule has 0 bridgehead atoms. The van der Waals surface area contributed by atoms with Crippen LogP contribution >= 0.6 is 0 Å². The summed E-state index contributed by atoms with van der Waals surface area (Å²) in [7, 11) is 0. The minimum absolute atomic E-state index is 0.235. The summed E-state index contributed by atoms with van der Waals surface area (Å²) in [5.74, 6) is -1.03. The third-order valence-corrected chi connectivity index (χ3v) is 2.24. The fourth-order valence-electron chi connectivity index (χ4n) is 1.51. The number of aromatic nitrogens is 3. The van der Waals surface area contributed by atoms with Crippen LogP contribution < -0.4 is 5.56 Å². The van der Waals surface area contributed by atoms with Crippen LogP contribution in [0.4, 0.5) is 0 Å². The fourth-order valence-corrected chi connectivity index (χ4v) is 1.51. The molecule has 0 atom stereocenters. The molecule has 0 radical (unpaired) electrons. The van der Waals surface area contributed by atoms with Crippen molar-refractivity contribution in [2.45, 2.75) is 13.3 Å². The van der Waals surface area contributed by atoms with Crippen LogP contribution in [-0.4, -0.2) is 25.7 Å². The summed E-state index contributed by atoms with van der Waals surface area (Å²) in [6.07, 6.45) is 1.25. The Kier molecular flexibility index (Phi) is 2.03. The van der Waals surface area contributed by atoms with Crippen LogP contribution in [0.5, 0.6) is 0 Å². The van der Waals surface area contributed by atoms with Crippen LogP contribution in [0.1, 0.15) is 11.3 Å². The zero-order valence-electron chi connectivity index (χ0n) is 8.02. The summed E-state index contributed by atoms with van der Waals surface area (Å²) in [6, 6.07) is 1.65. The number of rotatable bonds is 2. The van der Waals surface area contributed by atoms with E-state index in [0.29, 0.717) is 11.3 Å². The Morgan fingerprint density at radius 3 is 3.07 bits per heavy atom. The highest BCUT2D eigenvalue weighted by atomic mass is 16.4. The normalized spacial score (nSPS) is 10.7. The smallest absolute Gasteiger partial charge is 0.308 e. The van der Waals surface area contributed by atoms with Crippen LogP contribution in [0.3, 0.4) is 0 Å². The predicted octanol–water partition coefficient (Wildman–Crippen LogP) is -0.0419. The van der Waals surface area contributed by atoms with E-state index in [9.17, 15) is 9.59 Å². The first kappa shape index (κ1) is 9.45. The summed E-state index contributed by atoms with van der Waals surface area (Å²) in [6.45, 7) is 1.67. The summed E-state index contributed by atoms with van der Waals surface area (Å²) in [4.78, 5) is 24.7. The zero-order chi connectivity index (χ0) is 11.0. The molecule has 2 N–H and O–H groups in total. The molecule has 0 spiro atoms. The molecular weight excluding hydrogens is 198 g/mol. The Morgan fingerprint density at radius 1 is 1.67 bits per heavy atom. The highest BCUT2D eigenvalue weighted by Crippen LogP contribution is 2.05. The summed E-state index contributed by atoms with van der Waals surface area (Å²) < 4.78 is 1.51. The number of aromatic amines is 1. The number of hydrogen-bond donors (Lipinski definition) is 2. The third kappa shape index (κ3) is 1.50. The van der Waals surface area contributed by atoms with Gasteiger partial charge in [0.25, 0.3) is 5.56 Å². The molecule has 2 heterocycles. The van der Waals surface area contributed by atoms with E-state index in [4.69, 9.17) is 5.11 Å². The highest BCUT2D eigenvalue weighted by molar-refractivity contribution is 5.70. The second kappa shape index (κ2) is 3.23.